The number of hydrogen-bond acceptors (Lipinski definition) is 3. The Labute approximate surface area is 96.2 Å². The quantitative estimate of drug-likeness (QED) is 0.787. The lowest BCUT2D eigenvalue weighted by Gasteiger charge is -2.26. The molecule has 2 aliphatic rings. The molecule has 1 unspecified atom stereocenters. The van der Waals surface area contributed by atoms with Crippen molar-refractivity contribution in [3.05, 3.63) is 29.3 Å². The van der Waals surface area contributed by atoms with E-state index >= 15 is 0 Å². The zero-order valence-corrected chi connectivity index (χ0v) is 9.68. The van der Waals surface area contributed by atoms with E-state index in [1.165, 1.54) is 11.1 Å². The van der Waals surface area contributed by atoms with Gasteiger partial charge in [0.2, 0.25) is 0 Å². The number of hydrogen-bond donors (Lipinski definition) is 2. The van der Waals surface area contributed by atoms with Gasteiger partial charge in [-0.25, -0.2) is 0 Å². The summed E-state index contributed by atoms with van der Waals surface area (Å²) in [5.74, 6) is 1.06. The van der Waals surface area contributed by atoms with E-state index in [4.69, 9.17) is 4.74 Å². The third-order valence-corrected chi connectivity index (χ3v) is 3.53. The lowest BCUT2D eigenvalue weighted by molar-refractivity contribution is 0.109. The Morgan fingerprint density at radius 1 is 1.25 bits per heavy atom. The molecule has 16 heavy (non-hydrogen) atoms. The van der Waals surface area contributed by atoms with Crippen LogP contribution in [0.1, 0.15) is 24.5 Å². The summed E-state index contributed by atoms with van der Waals surface area (Å²) >= 11 is 0. The molecule has 3 heteroatoms. The van der Waals surface area contributed by atoms with Crippen molar-refractivity contribution in [2.24, 2.45) is 0 Å². The smallest absolute Gasteiger partial charge is 0.125 e. The van der Waals surface area contributed by atoms with Crippen LogP contribution >= 0.6 is 0 Å². The number of rotatable bonds is 2. The molecule has 2 heterocycles. The second-order valence-corrected chi connectivity index (χ2v) is 4.98. The van der Waals surface area contributed by atoms with Crippen molar-refractivity contribution in [3.8, 4) is 5.75 Å². The highest BCUT2D eigenvalue weighted by molar-refractivity contribution is 5.42. The molecule has 0 bridgehead atoms. The second kappa shape index (κ2) is 3.75. The van der Waals surface area contributed by atoms with Crippen molar-refractivity contribution in [1.82, 2.24) is 10.6 Å². The molecule has 2 aliphatic heterocycles. The minimum atomic E-state index is -0.0300. The van der Waals surface area contributed by atoms with Gasteiger partial charge in [-0.1, -0.05) is 12.1 Å². The molecule has 1 atom stereocenters. The highest BCUT2D eigenvalue weighted by Gasteiger charge is 2.31. The van der Waals surface area contributed by atoms with Crippen LogP contribution in [0.2, 0.25) is 0 Å². The second-order valence-electron chi connectivity index (χ2n) is 4.98. The van der Waals surface area contributed by atoms with Gasteiger partial charge in [0.05, 0.1) is 0 Å². The van der Waals surface area contributed by atoms with Crippen LogP contribution in [0.15, 0.2) is 18.2 Å². The van der Waals surface area contributed by atoms with Crippen LogP contribution in [0, 0.1) is 0 Å². The average molecular weight is 218 g/mol. The van der Waals surface area contributed by atoms with Gasteiger partial charge in [-0.2, -0.15) is 0 Å². The van der Waals surface area contributed by atoms with E-state index < -0.39 is 0 Å². The van der Waals surface area contributed by atoms with Gasteiger partial charge in [0.1, 0.15) is 11.4 Å². The van der Waals surface area contributed by atoms with E-state index in [0.29, 0.717) is 0 Å². The number of benzene rings is 1. The highest BCUT2D eigenvalue weighted by atomic mass is 16.5. The molecular formula is C13H18N2O. The minimum absolute atomic E-state index is 0.0300. The van der Waals surface area contributed by atoms with Gasteiger partial charge in [0.15, 0.2) is 0 Å². The predicted molar refractivity (Wildman–Crippen MR) is 63.5 cm³/mol. The SMILES string of the molecule is CC1(Oc2cccc3c2CNC3)CCNC1. The van der Waals surface area contributed by atoms with E-state index in [1.807, 2.05) is 0 Å². The summed E-state index contributed by atoms with van der Waals surface area (Å²) in [5, 5.41) is 6.73. The molecule has 0 amide bonds. The predicted octanol–water partition coefficient (Wildman–Crippen LogP) is 1.42. The Balaban J connectivity index is 1.87. The van der Waals surface area contributed by atoms with Crippen molar-refractivity contribution in [3.63, 3.8) is 0 Å². The summed E-state index contributed by atoms with van der Waals surface area (Å²) in [4.78, 5) is 0. The summed E-state index contributed by atoms with van der Waals surface area (Å²) in [7, 11) is 0. The molecule has 0 spiro atoms. The van der Waals surface area contributed by atoms with Gasteiger partial charge in [0, 0.05) is 31.6 Å². The minimum Gasteiger partial charge on any atom is -0.486 e. The van der Waals surface area contributed by atoms with Gasteiger partial charge >= 0.3 is 0 Å². The molecule has 0 radical (unpaired) electrons. The molecule has 1 aromatic carbocycles. The van der Waals surface area contributed by atoms with Crippen molar-refractivity contribution < 1.29 is 4.74 Å². The number of fused-ring (bicyclic) bond motifs is 1. The molecule has 1 saturated heterocycles. The number of ether oxygens (including phenoxy) is 1. The third-order valence-electron chi connectivity index (χ3n) is 3.53. The van der Waals surface area contributed by atoms with Crippen molar-refractivity contribution in [2.75, 3.05) is 13.1 Å². The number of nitrogens with one attached hydrogen (secondary N) is 2. The first-order valence-corrected chi connectivity index (χ1v) is 5.98. The Kier molecular flexibility index (Phi) is 2.37. The van der Waals surface area contributed by atoms with Gasteiger partial charge in [-0.3, -0.25) is 0 Å². The normalized spacial score (nSPS) is 28.1. The van der Waals surface area contributed by atoms with Gasteiger partial charge in [-0.05, 0) is 25.1 Å². The van der Waals surface area contributed by atoms with E-state index in [1.54, 1.807) is 0 Å². The lowest BCUT2D eigenvalue weighted by atomic mass is 10.1. The fourth-order valence-corrected chi connectivity index (χ4v) is 2.54. The standard InChI is InChI=1S/C13H18N2O/c1-13(5-6-14-9-13)16-12-4-2-3-10-7-15-8-11(10)12/h2-4,14-15H,5-9H2,1H3. The Morgan fingerprint density at radius 3 is 3.00 bits per heavy atom. The summed E-state index contributed by atoms with van der Waals surface area (Å²) in [6.45, 7) is 6.11. The van der Waals surface area contributed by atoms with Crippen LogP contribution in [-0.4, -0.2) is 18.7 Å². The molecule has 0 saturated carbocycles. The van der Waals surface area contributed by atoms with Gasteiger partial charge in [-0.15, -0.1) is 0 Å². The van der Waals surface area contributed by atoms with Crippen molar-refractivity contribution >= 4 is 0 Å². The molecule has 1 fully saturated rings. The molecule has 1 aromatic rings. The Bertz CT molecular complexity index is 397. The largest absolute Gasteiger partial charge is 0.486 e. The van der Waals surface area contributed by atoms with Crippen LogP contribution in [0.3, 0.4) is 0 Å². The van der Waals surface area contributed by atoms with E-state index in [-0.39, 0.29) is 5.60 Å². The van der Waals surface area contributed by atoms with E-state index in [2.05, 4.69) is 35.8 Å². The topological polar surface area (TPSA) is 33.3 Å². The fraction of sp³-hybridized carbons (Fsp3) is 0.538. The monoisotopic (exact) mass is 218 g/mol. The van der Waals surface area contributed by atoms with Crippen LogP contribution in [0.25, 0.3) is 0 Å². The summed E-state index contributed by atoms with van der Waals surface area (Å²) < 4.78 is 6.20. The average Bonchev–Trinajstić information content (AvgIpc) is 2.87. The highest BCUT2D eigenvalue weighted by Crippen LogP contribution is 2.30. The van der Waals surface area contributed by atoms with Crippen LogP contribution < -0.4 is 15.4 Å². The lowest BCUT2D eigenvalue weighted by Crippen LogP contribution is -2.34. The maximum absolute atomic E-state index is 6.20. The molecular weight excluding hydrogens is 200 g/mol. The third kappa shape index (κ3) is 1.70. The fourth-order valence-electron chi connectivity index (χ4n) is 2.54. The summed E-state index contributed by atoms with van der Waals surface area (Å²) in [6.07, 6.45) is 1.09. The van der Waals surface area contributed by atoms with Gasteiger partial charge < -0.3 is 15.4 Å². The van der Waals surface area contributed by atoms with Crippen LogP contribution in [-0.2, 0) is 13.1 Å². The summed E-state index contributed by atoms with van der Waals surface area (Å²) in [5.41, 5.74) is 2.69. The molecule has 3 nitrogen and oxygen atoms in total. The van der Waals surface area contributed by atoms with Crippen molar-refractivity contribution in [1.29, 1.82) is 0 Å². The van der Waals surface area contributed by atoms with E-state index in [0.717, 1.165) is 38.3 Å². The molecule has 0 aliphatic carbocycles. The Hall–Kier alpha value is -1.06. The first kappa shape index (κ1) is 10.1. The van der Waals surface area contributed by atoms with Gasteiger partial charge in [0.25, 0.3) is 0 Å². The van der Waals surface area contributed by atoms with Crippen LogP contribution in [0.5, 0.6) is 5.75 Å². The molecule has 0 aromatic heterocycles. The zero-order valence-electron chi connectivity index (χ0n) is 9.68. The summed E-state index contributed by atoms with van der Waals surface area (Å²) in [6, 6.07) is 6.36. The van der Waals surface area contributed by atoms with E-state index in [9.17, 15) is 0 Å². The molecule has 3 rings (SSSR count). The van der Waals surface area contributed by atoms with Crippen molar-refractivity contribution in [2.45, 2.75) is 32.0 Å². The first-order chi connectivity index (χ1) is 7.77. The Morgan fingerprint density at radius 2 is 2.19 bits per heavy atom. The maximum Gasteiger partial charge on any atom is 0.125 e. The maximum atomic E-state index is 6.20. The zero-order chi connectivity index (χ0) is 11.0. The first-order valence-electron chi connectivity index (χ1n) is 5.98. The molecule has 86 valence electrons. The molecule has 2 N–H and O–H groups in total. The van der Waals surface area contributed by atoms with Crippen LogP contribution in [0.4, 0.5) is 0 Å².